The second-order valence-electron chi connectivity index (χ2n) is 3.77. The quantitative estimate of drug-likeness (QED) is 0.208. The van der Waals surface area contributed by atoms with E-state index >= 15 is 0 Å². The van der Waals surface area contributed by atoms with E-state index in [1.165, 1.54) is 5.56 Å². The molecule has 1 rings (SSSR count). The molecule has 5 N–H and O–H groups in total. The first kappa shape index (κ1) is 15.5. The van der Waals surface area contributed by atoms with Gasteiger partial charge in [0.15, 0.2) is 6.61 Å². The fraction of sp³-hybridized carbons (Fsp3) is 0.417. The first-order valence-corrected chi connectivity index (χ1v) is 6.06. The zero-order valence-electron chi connectivity index (χ0n) is 10.7. The number of hydrogen-bond donors (Lipinski definition) is 5. The Morgan fingerprint density at radius 1 is 1.16 bits per heavy atom. The Hall–Kier alpha value is -1.51. The van der Waals surface area contributed by atoms with Gasteiger partial charge in [0.2, 0.25) is 0 Å². The van der Waals surface area contributed by atoms with Gasteiger partial charge in [-0.2, -0.15) is 0 Å². The lowest BCUT2D eigenvalue weighted by molar-refractivity contribution is -0.145. The molecule has 0 bridgehead atoms. The van der Waals surface area contributed by atoms with Crippen molar-refractivity contribution in [2.75, 3.05) is 26.4 Å². The predicted molar refractivity (Wildman–Crippen MR) is 70.9 cm³/mol. The van der Waals surface area contributed by atoms with Gasteiger partial charge >= 0.3 is 5.97 Å². The molecular weight excluding hydrogens is 248 g/mol. The summed E-state index contributed by atoms with van der Waals surface area (Å²) in [5.74, 6) is -0.997. The molecular formula is C12H20N4O3. The number of carboxylic acid groups (broad SMARTS) is 1. The number of hydrogen-bond acceptors (Lipinski definition) is 6. The van der Waals surface area contributed by atoms with Crippen molar-refractivity contribution in [3.8, 4) is 0 Å². The second-order valence-corrected chi connectivity index (χ2v) is 3.77. The lowest BCUT2D eigenvalue weighted by atomic mass is 10.2. The number of carbonyl (C=O) groups is 1. The summed E-state index contributed by atoms with van der Waals surface area (Å²) in [7, 11) is 0. The van der Waals surface area contributed by atoms with Crippen molar-refractivity contribution in [2.45, 2.75) is 6.54 Å². The van der Waals surface area contributed by atoms with Gasteiger partial charge in [-0.3, -0.25) is 15.6 Å². The topological polar surface area (TPSA) is 94.7 Å². The highest BCUT2D eigenvalue weighted by Gasteiger charge is 1.94. The number of hydroxylamine groups is 1. The Labute approximate surface area is 112 Å². The van der Waals surface area contributed by atoms with Crippen molar-refractivity contribution in [1.82, 2.24) is 21.6 Å². The van der Waals surface area contributed by atoms with Crippen molar-refractivity contribution in [1.29, 1.82) is 0 Å². The third kappa shape index (κ3) is 9.11. The highest BCUT2D eigenvalue weighted by Crippen LogP contribution is 1.96. The highest BCUT2D eigenvalue weighted by atomic mass is 16.7. The van der Waals surface area contributed by atoms with Crippen molar-refractivity contribution >= 4 is 5.97 Å². The van der Waals surface area contributed by atoms with E-state index in [0.29, 0.717) is 19.8 Å². The summed E-state index contributed by atoms with van der Waals surface area (Å²) in [6.45, 7) is 2.22. The van der Waals surface area contributed by atoms with Crippen LogP contribution >= 0.6 is 0 Å². The molecule has 0 spiro atoms. The minimum Gasteiger partial charge on any atom is -0.479 e. The van der Waals surface area contributed by atoms with Gasteiger partial charge < -0.3 is 5.11 Å². The smallest absolute Gasteiger partial charge is 0.331 e. The summed E-state index contributed by atoms with van der Waals surface area (Å²) >= 11 is 0. The van der Waals surface area contributed by atoms with E-state index in [1.54, 1.807) is 0 Å². The third-order valence-electron chi connectivity index (χ3n) is 2.16. The molecule has 106 valence electrons. The zero-order chi connectivity index (χ0) is 13.8. The van der Waals surface area contributed by atoms with Crippen molar-refractivity contribution < 1.29 is 14.7 Å². The van der Waals surface area contributed by atoms with E-state index in [9.17, 15) is 4.79 Å². The Balaban J connectivity index is 1.83. The molecule has 0 aliphatic rings. The Morgan fingerprint density at radius 3 is 2.68 bits per heavy atom. The molecule has 7 heteroatoms. The van der Waals surface area contributed by atoms with Crippen molar-refractivity contribution in [2.24, 2.45) is 0 Å². The van der Waals surface area contributed by atoms with Crippen LogP contribution in [0.1, 0.15) is 5.56 Å². The van der Waals surface area contributed by atoms with Crippen LogP contribution in [0.3, 0.4) is 0 Å². The fourth-order valence-electron chi connectivity index (χ4n) is 1.31. The van der Waals surface area contributed by atoms with Crippen LogP contribution in [0.25, 0.3) is 0 Å². The second kappa shape index (κ2) is 10.4. The van der Waals surface area contributed by atoms with E-state index in [-0.39, 0.29) is 6.61 Å². The lowest BCUT2D eigenvalue weighted by Crippen LogP contribution is -2.42. The summed E-state index contributed by atoms with van der Waals surface area (Å²) in [6, 6.07) is 10.1. The van der Waals surface area contributed by atoms with Crippen LogP contribution in [-0.4, -0.2) is 37.4 Å². The van der Waals surface area contributed by atoms with Crippen LogP contribution in [0.15, 0.2) is 30.3 Å². The zero-order valence-corrected chi connectivity index (χ0v) is 10.7. The maximum Gasteiger partial charge on any atom is 0.331 e. The van der Waals surface area contributed by atoms with Gasteiger partial charge in [0.25, 0.3) is 0 Å². The number of carboxylic acids is 1. The van der Waals surface area contributed by atoms with Crippen LogP contribution in [0.2, 0.25) is 0 Å². The molecule has 0 fully saturated rings. The van der Waals surface area contributed by atoms with Gasteiger partial charge in [0, 0.05) is 19.6 Å². The normalized spacial score (nSPS) is 10.5. The highest BCUT2D eigenvalue weighted by molar-refractivity contribution is 5.67. The minimum atomic E-state index is -0.997. The monoisotopic (exact) mass is 268 g/mol. The first-order valence-electron chi connectivity index (χ1n) is 6.06. The van der Waals surface area contributed by atoms with Crippen LogP contribution in [0, 0.1) is 0 Å². The van der Waals surface area contributed by atoms with Gasteiger partial charge in [-0.05, 0) is 5.56 Å². The lowest BCUT2D eigenvalue weighted by Gasteiger charge is -2.09. The van der Waals surface area contributed by atoms with E-state index in [4.69, 9.17) is 5.11 Å². The fourth-order valence-corrected chi connectivity index (χ4v) is 1.31. The molecule has 0 atom stereocenters. The molecule has 1 aromatic carbocycles. The van der Waals surface area contributed by atoms with Gasteiger partial charge in [-0.25, -0.2) is 15.7 Å². The van der Waals surface area contributed by atoms with Crippen LogP contribution in [0.4, 0.5) is 0 Å². The largest absolute Gasteiger partial charge is 0.479 e. The van der Waals surface area contributed by atoms with Gasteiger partial charge in [0.05, 0.1) is 6.67 Å². The van der Waals surface area contributed by atoms with Gasteiger partial charge in [-0.15, -0.1) is 0 Å². The van der Waals surface area contributed by atoms with E-state index in [0.717, 1.165) is 6.54 Å². The van der Waals surface area contributed by atoms with E-state index in [1.807, 2.05) is 18.2 Å². The molecule has 19 heavy (non-hydrogen) atoms. The standard InChI is InChI=1S/C12H20N4O3/c17-12(18)9-19-16-7-6-14-15-10-13-8-11-4-2-1-3-5-11/h1-5,13-16H,6-10H2,(H,17,18). The summed E-state index contributed by atoms with van der Waals surface area (Å²) in [6.07, 6.45) is 0. The van der Waals surface area contributed by atoms with E-state index in [2.05, 4.69) is 38.6 Å². The van der Waals surface area contributed by atoms with Gasteiger partial charge in [-0.1, -0.05) is 30.3 Å². The average molecular weight is 268 g/mol. The molecule has 1 aromatic rings. The molecule has 0 saturated carbocycles. The molecule has 7 nitrogen and oxygen atoms in total. The van der Waals surface area contributed by atoms with Crippen molar-refractivity contribution in [3.63, 3.8) is 0 Å². The van der Waals surface area contributed by atoms with Gasteiger partial charge in [0.1, 0.15) is 0 Å². The number of hydrazine groups is 1. The SMILES string of the molecule is O=C(O)CONCCNNCNCc1ccccc1. The van der Waals surface area contributed by atoms with Crippen LogP contribution < -0.4 is 21.6 Å². The molecule has 0 aliphatic heterocycles. The summed E-state index contributed by atoms with van der Waals surface area (Å²) < 4.78 is 0. The Kier molecular flexibility index (Phi) is 8.52. The molecule has 0 saturated heterocycles. The average Bonchev–Trinajstić information content (AvgIpc) is 2.42. The molecule has 0 amide bonds. The predicted octanol–water partition coefficient (Wildman–Crippen LogP) is -0.566. The van der Waals surface area contributed by atoms with Crippen molar-refractivity contribution in [3.05, 3.63) is 35.9 Å². The maximum atomic E-state index is 10.1. The van der Waals surface area contributed by atoms with Crippen LogP contribution in [0.5, 0.6) is 0 Å². The molecule has 0 aliphatic carbocycles. The Bertz CT molecular complexity index is 348. The number of benzene rings is 1. The maximum absolute atomic E-state index is 10.1. The number of rotatable bonds is 11. The Morgan fingerprint density at radius 2 is 1.95 bits per heavy atom. The number of aliphatic carboxylic acids is 1. The van der Waals surface area contributed by atoms with E-state index < -0.39 is 5.97 Å². The molecule has 0 aromatic heterocycles. The third-order valence-corrected chi connectivity index (χ3v) is 2.16. The molecule has 0 radical (unpaired) electrons. The molecule has 0 heterocycles. The minimum absolute atomic E-state index is 0.341. The first-order chi connectivity index (χ1) is 9.29. The molecule has 0 unspecified atom stereocenters. The summed E-state index contributed by atoms with van der Waals surface area (Å²) in [4.78, 5) is 14.8. The summed E-state index contributed by atoms with van der Waals surface area (Å²) in [5, 5.41) is 11.5. The van der Waals surface area contributed by atoms with Crippen LogP contribution in [-0.2, 0) is 16.2 Å². The number of nitrogens with one attached hydrogen (secondary N) is 4. The summed E-state index contributed by atoms with van der Waals surface area (Å²) in [5.41, 5.74) is 9.70.